The minimum atomic E-state index is -0.601. The molecule has 0 saturated carbocycles. The van der Waals surface area contributed by atoms with Crippen LogP contribution in [-0.2, 0) is 4.79 Å². The molecule has 7 heteroatoms. The highest BCUT2D eigenvalue weighted by atomic mass is 16.2. The quantitative estimate of drug-likeness (QED) is 0.799. The molecule has 1 aromatic rings. The highest BCUT2D eigenvalue weighted by molar-refractivity contribution is 6.00. The van der Waals surface area contributed by atoms with Gasteiger partial charge in [0, 0.05) is 25.2 Å². The molecule has 1 saturated heterocycles. The topological polar surface area (TPSA) is 92.4 Å². The first-order valence-corrected chi connectivity index (χ1v) is 6.39. The van der Waals surface area contributed by atoms with Gasteiger partial charge < -0.3 is 10.6 Å². The Bertz CT molecular complexity index is 571. The predicted molar refractivity (Wildman–Crippen MR) is 70.5 cm³/mol. The Labute approximate surface area is 116 Å². The van der Waals surface area contributed by atoms with E-state index in [1.807, 2.05) is 6.42 Å². The van der Waals surface area contributed by atoms with Gasteiger partial charge in [0.25, 0.3) is 0 Å². The van der Waals surface area contributed by atoms with Crippen molar-refractivity contribution in [3.05, 3.63) is 36.8 Å². The molecule has 103 valence electrons. The maximum Gasteiger partial charge on any atom is 0.321 e. The molecule has 2 N–H and O–H groups in total. The number of hydrogen-bond acceptors (Lipinski definition) is 4. The normalized spacial score (nSPS) is 22.3. The lowest BCUT2D eigenvalue weighted by molar-refractivity contribution is -0.131. The summed E-state index contributed by atoms with van der Waals surface area (Å²) in [7, 11) is 0. The lowest BCUT2D eigenvalue weighted by Crippen LogP contribution is -2.58. The Morgan fingerprint density at radius 2 is 2.30 bits per heavy atom. The first-order valence-electron chi connectivity index (χ1n) is 6.39. The molecule has 3 amide bonds. The molecule has 3 heterocycles. The van der Waals surface area contributed by atoms with Crippen molar-refractivity contribution in [1.82, 2.24) is 19.8 Å². The monoisotopic (exact) mass is 272 g/mol. The number of nitrogens with zero attached hydrogens (tertiary/aromatic N) is 4. The summed E-state index contributed by atoms with van der Waals surface area (Å²) in [6.07, 6.45) is 7.58. The average Bonchev–Trinajstić information content (AvgIpc) is 2.47. The van der Waals surface area contributed by atoms with Gasteiger partial charge in [-0.05, 0) is 18.9 Å². The van der Waals surface area contributed by atoms with Gasteiger partial charge in [-0.15, -0.1) is 0 Å². The summed E-state index contributed by atoms with van der Waals surface area (Å²) in [5.41, 5.74) is 6.42. The smallest absolute Gasteiger partial charge is 0.321 e. The predicted octanol–water partition coefficient (Wildman–Crippen LogP) is 0.365. The summed E-state index contributed by atoms with van der Waals surface area (Å²) >= 11 is 0. The first-order chi connectivity index (χ1) is 9.68. The Balaban J connectivity index is 2.06. The molecule has 0 aromatic carbocycles. The van der Waals surface area contributed by atoms with E-state index < -0.39 is 12.2 Å². The van der Waals surface area contributed by atoms with E-state index in [9.17, 15) is 9.59 Å². The van der Waals surface area contributed by atoms with Crippen molar-refractivity contribution in [2.24, 2.45) is 5.73 Å². The number of hydrogen-bond donors (Lipinski definition) is 1. The number of aromatic nitrogens is 2. The third-order valence-electron chi connectivity index (χ3n) is 3.45. The number of piperidine rings is 1. The van der Waals surface area contributed by atoms with Crippen molar-refractivity contribution in [3.8, 4) is 0 Å². The Kier molecular flexibility index (Phi) is 3.09. The molecule has 1 radical (unpaired) electrons. The molecule has 0 spiro atoms. The van der Waals surface area contributed by atoms with E-state index in [0.717, 1.165) is 12.8 Å². The average molecular weight is 272 g/mol. The summed E-state index contributed by atoms with van der Waals surface area (Å²) in [4.78, 5) is 35.0. The van der Waals surface area contributed by atoms with Crippen molar-refractivity contribution >= 4 is 17.6 Å². The number of urea groups is 1. The molecular weight excluding hydrogens is 258 g/mol. The fraction of sp³-hybridized carbons (Fsp3) is 0.308. The molecule has 1 atom stereocenters. The van der Waals surface area contributed by atoms with Gasteiger partial charge in [0.05, 0.1) is 11.4 Å². The van der Waals surface area contributed by atoms with Crippen LogP contribution in [0.1, 0.15) is 18.5 Å². The van der Waals surface area contributed by atoms with Crippen molar-refractivity contribution in [2.75, 3.05) is 6.54 Å². The molecular formula is C13H14N5O2. The number of carbonyl (C=O) groups excluding carboxylic acids is 2. The lowest BCUT2D eigenvalue weighted by atomic mass is 10.0. The number of carbonyl (C=O) groups is 2. The van der Waals surface area contributed by atoms with Gasteiger partial charge in [-0.1, -0.05) is 0 Å². The van der Waals surface area contributed by atoms with E-state index in [2.05, 4.69) is 9.97 Å². The standard InChI is InChI=1S/C13H14N5O2/c14-13(20)18-10(9-4-5-15-8-16-9)7-12(19)17-6-2-1-3-11(17)18/h3-5,7-8,11H,1-2,6H2,(H2,14,20). The van der Waals surface area contributed by atoms with Gasteiger partial charge in [0.15, 0.2) is 0 Å². The number of rotatable bonds is 1. The molecule has 2 aliphatic heterocycles. The Morgan fingerprint density at radius 3 is 3.00 bits per heavy atom. The molecule has 0 bridgehead atoms. The summed E-state index contributed by atoms with van der Waals surface area (Å²) in [6, 6.07) is 1.04. The van der Waals surface area contributed by atoms with E-state index in [1.165, 1.54) is 17.3 Å². The third kappa shape index (κ3) is 2.01. The van der Waals surface area contributed by atoms with Gasteiger partial charge in [-0.3, -0.25) is 9.69 Å². The van der Waals surface area contributed by atoms with E-state index in [-0.39, 0.29) is 5.91 Å². The van der Waals surface area contributed by atoms with E-state index in [4.69, 9.17) is 5.73 Å². The molecule has 3 rings (SSSR count). The molecule has 2 aliphatic rings. The van der Waals surface area contributed by atoms with Crippen molar-refractivity contribution in [1.29, 1.82) is 0 Å². The fourth-order valence-electron chi connectivity index (χ4n) is 2.57. The first kappa shape index (κ1) is 12.6. The van der Waals surface area contributed by atoms with Crippen LogP contribution in [0, 0.1) is 6.42 Å². The van der Waals surface area contributed by atoms with Crippen LogP contribution < -0.4 is 5.73 Å². The zero-order valence-corrected chi connectivity index (χ0v) is 10.8. The van der Waals surface area contributed by atoms with Gasteiger partial charge in [-0.2, -0.15) is 0 Å². The number of nitrogens with two attached hydrogens (primary N) is 1. The zero-order valence-electron chi connectivity index (χ0n) is 10.8. The van der Waals surface area contributed by atoms with Crippen LogP contribution in [0.3, 0.4) is 0 Å². The Hall–Kier alpha value is -2.44. The zero-order chi connectivity index (χ0) is 14.1. The maximum atomic E-state index is 12.2. The third-order valence-corrected chi connectivity index (χ3v) is 3.45. The van der Waals surface area contributed by atoms with E-state index >= 15 is 0 Å². The maximum absolute atomic E-state index is 12.2. The van der Waals surface area contributed by atoms with Crippen LogP contribution in [0.15, 0.2) is 24.7 Å². The van der Waals surface area contributed by atoms with E-state index in [0.29, 0.717) is 17.9 Å². The van der Waals surface area contributed by atoms with Crippen LogP contribution in [0.25, 0.3) is 5.70 Å². The molecule has 1 fully saturated rings. The highest BCUT2D eigenvalue weighted by Gasteiger charge is 2.39. The Morgan fingerprint density at radius 1 is 1.45 bits per heavy atom. The highest BCUT2D eigenvalue weighted by Crippen LogP contribution is 2.31. The fourth-order valence-corrected chi connectivity index (χ4v) is 2.57. The number of fused-ring (bicyclic) bond motifs is 1. The number of primary amides is 1. The summed E-state index contributed by atoms with van der Waals surface area (Å²) in [6.45, 7) is 0.622. The van der Waals surface area contributed by atoms with Crippen LogP contribution in [-0.4, -0.2) is 44.4 Å². The van der Waals surface area contributed by atoms with Gasteiger partial charge >= 0.3 is 6.03 Å². The SMILES string of the molecule is NC(=O)N1C(c2ccncn2)=CC(=O)N2CCC[CH]C21. The van der Waals surface area contributed by atoms with Crippen molar-refractivity contribution in [2.45, 2.75) is 19.0 Å². The van der Waals surface area contributed by atoms with Gasteiger partial charge in [0.1, 0.15) is 12.5 Å². The van der Waals surface area contributed by atoms with Crippen LogP contribution in [0.4, 0.5) is 4.79 Å². The molecule has 1 unspecified atom stereocenters. The second kappa shape index (κ2) is 4.92. The number of amides is 3. The lowest BCUT2D eigenvalue weighted by Gasteiger charge is -2.44. The minimum Gasteiger partial charge on any atom is -0.351 e. The van der Waals surface area contributed by atoms with Crippen LogP contribution >= 0.6 is 0 Å². The summed E-state index contributed by atoms with van der Waals surface area (Å²) in [5.74, 6) is -0.128. The van der Waals surface area contributed by atoms with Crippen LogP contribution in [0.2, 0.25) is 0 Å². The molecule has 7 nitrogen and oxygen atoms in total. The van der Waals surface area contributed by atoms with Crippen molar-refractivity contribution in [3.63, 3.8) is 0 Å². The van der Waals surface area contributed by atoms with Gasteiger partial charge in [-0.25, -0.2) is 14.8 Å². The summed E-state index contributed by atoms with van der Waals surface area (Å²) in [5, 5.41) is 0. The van der Waals surface area contributed by atoms with Crippen molar-refractivity contribution < 1.29 is 9.59 Å². The van der Waals surface area contributed by atoms with Gasteiger partial charge in [0.2, 0.25) is 5.91 Å². The van der Waals surface area contributed by atoms with E-state index in [1.54, 1.807) is 17.2 Å². The minimum absolute atomic E-state index is 0.128. The van der Waals surface area contributed by atoms with Crippen LogP contribution in [0.5, 0.6) is 0 Å². The molecule has 20 heavy (non-hydrogen) atoms. The largest absolute Gasteiger partial charge is 0.351 e. The molecule has 1 aromatic heterocycles. The molecule has 0 aliphatic carbocycles. The second-order valence-electron chi connectivity index (χ2n) is 4.66. The second-order valence-corrected chi connectivity index (χ2v) is 4.66. The summed E-state index contributed by atoms with van der Waals surface area (Å²) < 4.78 is 0.